The molecule has 0 aromatic carbocycles. The summed E-state index contributed by atoms with van der Waals surface area (Å²) in [6.07, 6.45) is 13.5. The first-order chi connectivity index (χ1) is 34.3. The molecule has 31 heteroatoms. The minimum Gasteiger partial charge on any atom is -0.411 e. The summed E-state index contributed by atoms with van der Waals surface area (Å²) in [6, 6.07) is 0. The van der Waals surface area contributed by atoms with Crippen LogP contribution in [0.2, 0.25) is 0 Å². The second-order valence-electron chi connectivity index (χ2n) is 13.5. The van der Waals surface area contributed by atoms with Gasteiger partial charge in [0.2, 0.25) is 0 Å². The Morgan fingerprint density at radius 3 is 0.301 bits per heavy atom. The van der Waals surface area contributed by atoms with Gasteiger partial charge in [0.15, 0.2) is 75.2 Å². The third-order valence-corrected chi connectivity index (χ3v) is 10.6. The number of rotatable bonds is 24. The average Bonchev–Trinajstić information content (AvgIpc) is 3.38. The van der Waals surface area contributed by atoms with Crippen LogP contribution in [0.15, 0.2) is 0 Å². The fraction of sp³-hybridized carbons (Fsp3) is 0.857. The van der Waals surface area contributed by atoms with Crippen LogP contribution in [0.25, 0.3) is 0 Å². The van der Waals surface area contributed by atoms with Gasteiger partial charge in [0.05, 0.1) is 0 Å². The van der Waals surface area contributed by atoms with E-state index in [0.717, 1.165) is 156 Å². The summed E-state index contributed by atoms with van der Waals surface area (Å²) < 4.78 is 50.7. The average molecular weight is 1440 g/mol. The largest absolute Gasteiger partial charge is 0.411 e. The number of nitrogens with zero attached hydrogens (tertiary/aromatic N) is 6. The maximum Gasteiger partial charge on any atom is 0.197 e. The molecular formula is C42H84MoN6O6S18-6. The van der Waals surface area contributed by atoms with Crippen LogP contribution in [0.1, 0.15) is 160 Å². The minimum absolute atomic E-state index is 0. The molecule has 0 atom stereocenters. The molecule has 0 aliphatic heterocycles. The maximum atomic E-state index is 7.83. The van der Waals surface area contributed by atoms with Gasteiger partial charge in [-0.3, -0.25) is 0 Å². The molecule has 73 heavy (non-hydrogen) atoms. The summed E-state index contributed by atoms with van der Waals surface area (Å²) in [5.41, 5.74) is 0. The van der Waals surface area contributed by atoms with Crippen LogP contribution in [0, 0.1) is 0 Å². The zero-order valence-corrected chi connectivity index (χ0v) is 61.6. The molecule has 0 rings (SSSR count). The van der Waals surface area contributed by atoms with Crippen molar-refractivity contribution in [1.29, 1.82) is 0 Å². The second-order valence-corrected chi connectivity index (χ2v) is 19.7. The fourth-order valence-corrected chi connectivity index (χ4v) is 7.20. The van der Waals surface area contributed by atoms with E-state index in [9.17, 15) is 0 Å². The van der Waals surface area contributed by atoms with Gasteiger partial charge in [-0.1, -0.05) is 109 Å². The van der Waals surface area contributed by atoms with Crippen LogP contribution < -0.4 is 0 Å². The second kappa shape index (κ2) is 102. The zero-order chi connectivity index (χ0) is 59.9. The Morgan fingerprint density at radius 2 is 0.274 bits per heavy atom. The molecule has 0 saturated heterocycles. The minimum atomic E-state index is 0. The third-order valence-electron chi connectivity index (χ3n) is 7.47. The molecule has 0 aliphatic rings. The molecule has 0 aromatic rings. The van der Waals surface area contributed by atoms with Crippen molar-refractivity contribution in [3.8, 4) is 0 Å². The molecule has 0 amide bonds. The van der Waals surface area contributed by atoms with Crippen LogP contribution in [0.5, 0.6) is 0 Å². The molecule has 0 aromatic heterocycles. The maximum absolute atomic E-state index is 7.83. The summed E-state index contributed by atoms with van der Waals surface area (Å²) in [5.74, 6) is 0. The van der Waals surface area contributed by atoms with E-state index in [4.69, 9.17) is 174 Å². The molecule has 0 heterocycles. The van der Waals surface area contributed by atoms with Gasteiger partial charge in [-0.05, 0) is 77.0 Å². The van der Waals surface area contributed by atoms with Crippen molar-refractivity contribution in [3.63, 3.8) is 0 Å². The molecule has 0 bridgehead atoms. The topological polar surface area (TPSA) is 122 Å². The van der Waals surface area contributed by atoms with E-state index in [0.29, 0.717) is 25.9 Å². The van der Waals surface area contributed by atoms with Gasteiger partial charge in [-0.25, -0.2) is 0 Å². The first-order valence-electron chi connectivity index (χ1n) is 23.1. The van der Waals surface area contributed by atoms with E-state index in [2.05, 4.69) is 188 Å². The number of hydrogen-bond acceptors (Lipinski definition) is 24. The molecule has 438 valence electrons. The molecule has 0 aliphatic carbocycles. The molecular weight excluding hydrogens is 1360 g/mol. The molecule has 0 unspecified atom stereocenters. The number of hydrogen-bond donors (Lipinski definition) is 0. The van der Waals surface area contributed by atoms with Crippen LogP contribution >= 0.6 is 73.3 Å². The summed E-state index contributed by atoms with van der Waals surface area (Å²) in [4.78, 5) is 12.4. The van der Waals surface area contributed by atoms with Crippen molar-refractivity contribution in [2.75, 3.05) is 78.5 Å². The summed E-state index contributed by atoms with van der Waals surface area (Å²) in [5, 5.41) is 0. The van der Waals surface area contributed by atoms with Gasteiger partial charge in [-0.15, -0.1) is 0 Å². The van der Waals surface area contributed by atoms with Gasteiger partial charge in [0.25, 0.3) is 0 Å². The Morgan fingerprint density at radius 1 is 0.219 bits per heavy atom. The van der Waals surface area contributed by atoms with Crippen LogP contribution in [0.3, 0.4) is 0 Å². The van der Waals surface area contributed by atoms with Gasteiger partial charge >= 0.3 is 0 Å². The SMILES string of the molecule is CCCN(CCC)C(=S)[S-].CCCN(CCC)C(=S)[S-].CCCN(CCC)C(=S)[S-].CCCN(CCC)C(=S)[S-].CCCN(CCC)C(=S)[S-].CCCN(CCC)C(=S)[S-].O=S.O=S.O=S.O=S.O=S.O=S.[Mo]. The van der Waals surface area contributed by atoms with Crippen LogP contribution in [0.4, 0.5) is 0 Å². The quantitative estimate of drug-likeness (QED) is 0.0518. The fourth-order valence-electron chi connectivity index (χ4n) is 5.01. The zero-order valence-electron chi connectivity index (χ0n) is 44.9. The summed E-state index contributed by atoms with van der Waals surface area (Å²) in [6.45, 7) is 37.7. The van der Waals surface area contributed by atoms with Crippen molar-refractivity contribution < 1.29 is 46.3 Å². The van der Waals surface area contributed by atoms with Crippen molar-refractivity contribution in [1.82, 2.24) is 29.4 Å². The van der Waals surface area contributed by atoms with Crippen molar-refractivity contribution in [3.05, 3.63) is 0 Å². The molecule has 0 fully saturated rings. The summed E-state index contributed by atoms with van der Waals surface area (Å²) >= 11 is 75.7. The Labute approximate surface area is 557 Å². The van der Waals surface area contributed by atoms with E-state index < -0.39 is 0 Å². The first-order valence-corrected chi connectivity index (χ1v) is 30.0. The molecule has 12 nitrogen and oxygen atoms in total. The van der Waals surface area contributed by atoms with E-state index in [1.165, 1.54) is 0 Å². The summed E-state index contributed by atoms with van der Waals surface area (Å²) in [7, 11) is 0. The van der Waals surface area contributed by atoms with Crippen molar-refractivity contribution in [2.24, 2.45) is 0 Å². The molecule has 0 spiro atoms. The van der Waals surface area contributed by atoms with Crippen LogP contribution in [-0.2, 0) is 172 Å². The van der Waals surface area contributed by atoms with Gasteiger partial charge in [0, 0.05) is 99.6 Å². The Balaban J connectivity index is -0.0000000514. The third kappa shape index (κ3) is 99.3. The van der Waals surface area contributed by atoms with E-state index in [1.807, 2.05) is 0 Å². The van der Waals surface area contributed by atoms with E-state index in [-0.39, 0.29) is 21.1 Å². The number of thiocarbonyl (C=S) groups is 6. The van der Waals surface area contributed by atoms with Gasteiger partial charge in [0.1, 0.15) is 0 Å². The van der Waals surface area contributed by atoms with E-state index in [1.54, 1.807) is 0 Å². The van der Waals surface area contributed by atoms with Crippen molar-refractivity contribution in [2.45, 2.75) is 160 Å². The van der Waals surface area contributed by atoms with Crippen LogP contribution in [-0.4, -0.2) is 159 Å². The molecule has 0 saturated carbocycles. The predicted octanol–water partition coefficient (Wildman–Crippen LogP) is 9.62. The van der Waals surface area contributed by atoms with Gasteiger partial charge < -0.3 is 178 Å². The standard InChI is InChI=1S/6C7H15NS2.Mo.6OS/c6*1-3-5-8(6-4-2)7(9)10;;6*1-2/h6*3-6H2,1-2H3,(H,9,10);;;;;;;/p-6. The van der Waals surface area contributed by atoms with E-state index >= 15 is 0 Å². The monoisotopic (exact) mass is 1440 g/mol. The first kappa shape index (κ1) is 106. The molecule has 0 N–H and O–H groups in total. The van der Waals surface area contributed by atoms with Crippen molar-refractivity contribution >= 4 is 250 Å². The Bertz CT molecular complexity index is 916. The smallest absolute Gasteiger partial charge is 0.197 e. The predicted molar refractivity (Wildman–Crippen MR) is 362 cm³/mol. The Hall–Kier alpha value is 1.47. The Kier molecular flexibility index (Phi) is 149. The normalized spacial score (nSPS) is 8.05. The molecule has 0 radical (unpaired) electrons. The van der Waals surface area contributed by atoms with Gasteiger partial charge in [-0.2, -0.15) is 25.3 Å².